The van der Waals surface area contributed by atoms with Crippen LogP contribution in [0, 0.1) is 12.7 Å². The van der Waals surface area contributed by atoms with Crippen LogP contribution in [-0.4, -0.2) is 38.5 Å². The molecule has 3 aromatic rings. The highest BCUT2D eigenvalue weighted by Crippen LogP contribution is 2.25. The van der Waals surface area contributed by atoms with Crippen molar-refractivity contribution in [1.29, 1.82) is 0 Å². The van der Waals surface area contributed by atoms with Gasteiger partial charge in [0.25, 0.3) is 5.56 Å². The molecule has 1 amide bonds. The summed E-state index contributed by atoms with van der Waals surface area (Å²) >= 11 is 0. The second-order valence-electron chi connectivity index (χ2n) is 6.44. The number of nitrogens with one attached hydrogen (secondary N) is 2. The molecule has 1 fully saturated rings. The molecule has 134 valence electrons. The first kappa shape index (κ1) is 16.5. The Morgan fingerprint density at radius 3 is 2.92 bits per heavy atom. The third kappa shape index (κ3) is 2.99. The second kappa shape index (κ2) is 6.38. The molecule has 1 atom stereocenters. The number of aryl methyl sites for hydroxylation is 1. The zero-order chi connectivity index (χ0) is 18.3. The van der Waals surface area contributed by atoms with E-state index in [0.29, 0.717) is 36.5 Å². The largest absolute Gasteiger partial charge is 0.353 e. The van der Waals surface area contributed by atoms with E-state index in [9.17, 15) is 14.0 Å². The smallest absolute Gasteiger partial charge is 0.272 e. The number of hydrogen-bond acceptors (Lipinski definition) is 4. The molecule has 2 N–H and O–H groups in total. The Labute approximate surface area is 148 Å². The minimum Gasteiger partial charge on any atom is -0.353 e. The van der Waals surface area contributed by atoms with Crippen molar-refractivity contribution >= 4 is 11.6 Å². The number of aromatic nitrogens is 3. The van der Waals surface area contributed by atoms with E-state index in [4.69, 9.17) is 0 Å². The Kier molecular flexibility index (Phi) is 4.04. The molecule has 7 nitrogen and oxygen atoms in total. The average Bonchev–Trinajstić information content (AvgIpc) is 2.96. The Hall–Kier alpha value is -3.00. The lowest BCUT2D eigenvalue weighted by molar-refractivity contribution is -0.129. The maximum Gasteiger partial charge on any atom is 0.272 e. The van der Waals surface area contributed by atoms with Gasteiger partial charge in [0.1, 0.15) is 11.9 Å². The van der Waals surface area contributed by atoms with Crippen molar-refractivity contribution in [2.24, 2.45) is 0 Å². The Morgan fingerprint density at radius 2 is 2.12 bits per heavy atom. The SMILES string of the molecule is Cc1cc2nc(CN3CCNC(=O)[C@@H]3c3cccc(F)c3)cc(=O)n2[nH]1. The van der Waals surface area contributed by atoms with E-state index >= 15 is 0 Å². The lowest BCUT2D eigenvalue weighted by atomic mass is 10.0. The fourth-order valence-corrected chi connectivity index (χ4v) is 3.37. The van der Waals surface area contributed by atoms with Crippen LogP contribution in [0.4, 0.5) is 4.39 Å². The molecule has 0 radical (unpaired) electrons. The van der Waals surface area contributed by atoms with E-state index in [1.54, 1.807) is 18.2 Å². The summed E-state index contributed by atoms with van der Waals surface area (Å²) in [5, 5.41) is 5.74. The molecule has 4 rings (SSSR count). The summed E-state index contributed by atoms with van der Waals surface area (Å²) < 4.78 is 15.0. The van der Waals surface area contributed by atoms with Gasteiger partial charge in [-0.05, 0) is 24.6 Å². The number of carbonyl (C=O) groups is 1. The lowest BCUT2D eigenvalue weighted by Gasteiger charge is -2.35. The fourth-order valence-electron chi connectivity index (χ4n) is 3.37. The minimum atomic E-state index is -0.618. The highest BCUT2D eigenvalue weighted by Gasteiger charge is 2.31. The van der Waals surface area contributed by atoms with Crippen LogP contribution in [0.2, 0.25) is 0 Å². The van der Waals surface area contributed by atoms with Crippen LogP contribution in [0.1, 0.15) is 23.0 Å². The van der Waals surface area contributed by atoms with E-state index in [-0.39, 0.29) is 17.3 Å². The molecule has 0 bridgehead atoms. The zero-order valence-electron chi connectivity index (χ0n) is 14.2. The summed E-state index contributed by atoms with van der Waals surface area (Å²) in [6, 6.07) is 8.66. The number of amides is 1. The van der Waals surface area contributed by atoms with E-state index in [0.717, 1.165) is 5.69 Å². The molecule has 8 heteroatoms. The first-order chi connectivity index (χ1) is 12.5. The number of fused-ring (bicyclic) bond motifs is 1. The van der Waals surface area contributed by atoms with E-state index < -0.39 is 6.04 Å². The van der Waals surface area contributed by atoms with E-state index in [1.807, 2.05) is 11.8 Å². The van der Waals surface area contributed by atoms with Gasteiger partial charge in [0, 0.05) is 37.5 Å². The van der Waals surface area contributed by atoms with Crippen LogP contribution in [0.3, 0.4) is 0 Å². The molecule has 1 aliphatic rings. The normalized spacial score (nSPS) is 18.2. The number of aromatic amines is 1. The van der Waals surface area contributed by atoms with Gasteiger partial charge < -0.3 is 5.32 Å². The number of carbonyl (C=O) groups excluding carboxylic acids is 1. The monoisotopic (exact) mass is 355 g/mol. The van der Waals surface area contributed by atoms with Crippen LogP contribution in [-0.2, 0) is 11.3 Å². The van der Waals surface area contributed by atoms with Gasteiger partial charge in [-0.2, -0.15) is 0 Å². The van der Waals surface area contributed by atoms with Crippen molar-refractivity contribution in [1.82, 2.24) is 24.8 Å². The standard InChI is InChI=1S/C18H18FN5O2/c1-11-7-15-21-14(9-16(25)24(15)22-11)10-23-6-5-20-18(26)17(23)12-3-2-4-13(19)8-12/h2-4,7-9,17,22H,5-6,10H2,1H3,(H,20,26)/t17-/m0/s1. The fraction of sp³-hybridized carbons (Fsp3) is 0.278. The molecule has 0 aliphatic carbocycles. The first-order valence-corrected chi connectivity index (χ1v) is 8.37. The van der Waals surface area contributed by atoms with E-state index in [1.165, 1.54) is 22.7 Å². The molecular formula is C18H18FN5O2. The van der Waals surface area contributed by atoms with Crippen molar-refractivity contribution in [2.75, 3.05) is 13.1 Å². The number of piperazine rings is 1. The van der Waals surface area contributed by atoms with Gasteiger partial charge in [-0.15, -0.1) is 0 Å². The van der Waals surface area contributed by atoms with Gasteiger partial charge in [0.05, 0.1) is 5.69 Å². The molecule has 0 spiro atoms. The zero-order valence-corrected chi connectivity index (χ0v) is 14.2. The predicted octanol–water partition coefficient (Wildman–Crippen LogP) is 1.14. The lowest BCUT2D eigenvalue weighted by Crippen LogP contribution is -2.49. The van der Waals surface area contributed by atoms with Crippen LogP contribution in [0.5, 0.6) is 0 Å². The number of H-pyrrole nitrogens is 1. The maximum absolute atomic E-state index is 13.6. The summed E-state index contributed by atoms with van der Waals surface area (Å²) in [5.74, 6) is -0.571. The van der Waals surface area contributed by atoms with Crippen LogP contribution in [0.25, 0.3) is 5.65 Å². The van der Waals surface area contributed by atoms with Crippen molar-refractivity contribution in [3.05, 3.63) is 69.5 Å². The number of hydrogen-bond donors (Lipinski definition) is 2. The number of halogens is 1. The third-order valence-corrected chi connectivity index (χ3v) is 4.47. The summed E-state index contributed by atoms with van der Waals surface area (Å²) in [4.78, 5) is 31.1. The Bertz CT molecular complexity index is 1040. The van der Waals surface area contributed by atoms with Gasteiger partial charge in [-0.1, -0.05) is 12.1 Å². The molecule has 1 aromatic carbocycles. The molecule has 1 aliphatic heterocycles. The van der Waals surface area contributed by atoms with E-state index in [2.05, 4.69) is 15.4 Å². The van der Waals surface area contributed by atoms with Gasteiger partial charge >= 0.3 is 0 Å². The van der Waals surface area contributed by atoms with Gasteiger partial charge in [-0.3, -0.25) is 19.6 Å². The number of rotatable bonds is 3. The average molecular weight is 355 g/mol. The number of benzene rings is 1. The predicted molar refractivity (Wildman–Crippen MR) is 93.1 cm³/mol. The molecule has 1 saturated heterocycles. The molecular weight excluding hydrogens is 337 g/mol. The minimum absolute atomic E-state index is 0.183. The third-order valence-electron chi connectivity index (χ3n) is 4.47. The highest BCUT2D eigenvalue weighted by atomic mass is 19.1. The van der Waals surface area contributed by atoms with Crippen molar-refractivity contribution in [3.63, 3.8) is 0 Å². The molecule has 0 saturated carbocycles. The number of nitrogens with zero attached hydrogens (tertiary/aromatic N) is 3. The van der Waals surface area contributed by atoms with Gasteiger partial charge in [0.15, 0.2) is 5.65 Å². The first-order valence-electron chi connectivity index (χ1n) is 8.37. The summed E-state index contributed by atoms with van der Waals surface area (Å²) in [6.45, 7) is 3.25. The van der Waals surface area contributed by atoms with Crippen LogP contribution < -0.4 is 10.9 Å². The maximum atomic E-state index is 13.6. The summed E-state index contributed by atoms with van der Waals surface area (Å²) in [7, 11) is 0. The molecule has 26 heavy (non-hydrogen) atoms. The molecule has 2 aromatic heterocycles. The van der Waals surface area contributed by atoms with Crippen molar-refractivity contribution < 1.29 is 9.18 Å². The van der Waals surface area contributed by atoms with Crippen LogP contribution >= 0.6 is 0 Å². The Morgan fingerprint density at radius 1 is 1.27 bits per heavy atom. The summed E-state index contributed by atoms with van der Waals surface area (Å²) in [6.07, 6.45) is 0. The second-order valence-corrected chi connectivity index (χ2v) is 6.44. The topological polar surface area (TPSA) is 82.5 Å². The van der Waals surface area contributed by atoms with Crippen molar-refractivity contribution in [2.45, 2.75) is 19.5 Å². The summed E-state index contributed by atoms with van der Waals surface area (Å²) in [5.41, 5.74) is 2.32. The Balaban J connectivity index is 1.69. The quantitative estimate of drug-likeness (QED) is 0.738. The molecule has 3 heterocycles. The van der Waals surface area contributed by atoms with Gasteiger partial charge in [0.2, 0.25) is 5.91 Å². The van der Waals surface area contributed by atoms with Crippen LogP contribution in [0.15, 0.2) is 41.2 Å². The molecule has 0 unspecified atom stereocenters. The van der Waals surface area contributed by atoms with Gasteiger partial charge in [-0.25, -0.2) is 13.9 Å². The highest BCUT2D eigenvalue weighted by molar-refractivity contribution is 5.83. The van der Waals surface area contributed by atoms with Crippen molar-refractivity contribution in [3.8, 4) is 0 Å².